The summed E-state index contributed by atoms with van der Waals surface area (Å²) < 4.78 is 0. The van der Waals surface area contributed by atoms with E-state index in [2.05, 4.69) is 10.2 Å². The van der Waals surface area contributed by atoms with Gasteiger partial charge in [0.05, 0.1) is 13.1 Å². The van der Waals surface area contributed by atoms with Crippen molar-refractivity contribution in [1.29, 1.82) is 0 Å². The second-order valence-corrected chi connectivity index (χ2v) is 8.04. The zero-order valence-electron chi connectivity index (χ0n) is 16.7. The summed E-state index contributed by atoms with van der Waals surface area (Å²) in [6, 6.07) is 7.69. The first-order chi connectivity index (χ1) is 14.0. The number of hydrogen-bond acceptors (Lipinski definition) is 4. The first-order valence-corrected chi connectivity index (χ1v) is 10.7. The number of benzene rings is 1. The molecule has 3 amide bonds. The molecule has 2 fully saturated rings. The predicted octanol–water partition coefficient (Wildman–Crippen LogP) is 1.90. The van der Waals surface area contributed by atoms with Crippen LogP contribution in [0.1, 0.15) is 32.1 Å². The summed E-state index contributed by atoms with van der Waals surface area (Å²) in [5.74, 6) is -0.337. The Morgan fingerprint density at radius 1 is 1.00 bits per heavy atom. The first kappa shape index (κ1) is 21.4. The maximum atomic E-state index is 12.4. The van der Waals surface area contributed by atoms with Gasteiger partial charge >= 0.3 is 0 Å². The van der Waals surface area contributed by atoms with Crippen LogP contribution in [0.5, 0.6) is 0 Å². The van der Waals surface area contributed by atoms with E-state index in [1.54, 1.807) is 9.80 Å². The SMILES string of the molecule is O=C(CN1CCCCCCC1=O)NCC(=O)N1CCN(c2cccc(Cl)c2)CC1. The van der Waals surface area contributed by atoms with Crippen molar-refractivity contribution in [3.05, 3.63) is 29.3 Å². The van der Waals surface area contributed by atoms with E-state index in [1.807, 2.05) is 24.3 Å². The number of nitrogens with zero attached hydrogens (tertiary/aromatic N) is 3. The van der Waals surface area contributed by atoms with E-state index in [9.17, 15) is 14.4 Å². The van der Waals surface area contributed by atoms with Crippen LogP contribution >= 0.6 is 11.6 Å². The monoisotopic (exact) mass is 420 g/mol. The highest BCUT2D eigenvalue weighted by Gasteiger charge is 2.23. The minimum absolute atomic E-state index is 0.0297. The fourth-order valence-electron chi connectivity index (χ4n) is 3.78. The largest absolute Gasteiger partial charge is 0.368 e. The third-order valence-electron chi connectivity index (χ3n) is 5.50. The smallest absolute Gasteiger partial charge is 0.242 e. The second kappa shape index (κ2) is 10.5. The number of rotatable bonds is 5. The van der Waals surface area contributed by atoms with Gasteiger partial charge in [0.25, 0.3) is 0 Å². The standard InChI is InChI=1S/C21H29ClN4O3/c22-17-6-5-7-18(14-17)24-10-12-25(13-11-24)21(29)15-23-19(27)16-26-9-4-2-1-3-8-20(26)28/h5-7,14H,1-4,8-13,15-16H2,(H,23,27). The second-order valence-electron chi connectivity index (χ2n) is 7.60. The average molecular weight is 421 g/mol. The normalized spacial score (nSPS) is 18.2. The van der Waals surface area contributed by atoms with E-state index >= 15 is 0 Å². The Kier molecular flexibility index (Phi) is 7.75. The Morgan fingerprint density at radius 2 is 1.76 bits per heavy atom. The third kappa shape index (κ3) is 6.35. The van der Waals surface area contributed by atoms with Crippen LogP contribution in [0.15, 0.2) is 24.3 Å². The number of likely N-dealkylation sites (tertiary alicyclic amines) is 1. The van der Waals surface area contributed by atoms with Crippen LogP contribution in [0.4, 0.5) is 5.69 Å². The van der Waals surface area contributed by atoms with Crippen LogP contribution < -0.4 is 10.2 Å². The quantitative estimate of drug-likeness (QED) is 0.789. The number of piperazine rings is 1. The fraction of sp³-hybridized carbons (Fsp3) is 0.571. The molecule has 0 saturated carbocycles. The van der Waals surface area contributed by atoms with Crippen molar-refractivity contribution in [3.8, 4) is 0 Å². The molecule has 0 aliphatic carbocycles. The van der Waals surface area contributed by atoms with E-state index in [0.717, 1.165) is 44.5 Å². The summed E-state index contributed by atoms with van der Waals surface area (Å²) in [4.78, 5) is 42.4. The molecule has 8 heteroatoms. The van der Waals surface area contributed by atoms with Gasteiger partial charge in [0.2, 0.25) is 17.7 Å². The van der Waals surface area contributed by atoms with Crippen molar-refractivity contribution in [2.24, 2.45) is 0 Å². The van der Waals surface area contributed by atoms with Crippen molar-refractivity contribution < 1.29 is 14.4 Å². The number of nitrogens with one attached hydrogen (secondary N) is 1. The molecule has 29 heavy (non-hydrogen) atoms. The number of carbonyl (C=O) groups excluding carboxylic acids is 3. The number of hydrogen-bond donors (Lipinski definition) is 1. The van der Waals surface area contributed by atoms with E-state index in [0.29, 0.717) is 31.1 Å². The summed E-state index contributed by atoms with van der Waals surface area (Å²) in [6.07, 6.45) is 4.48. The fourth-order valence-corrected chi connectivity index (χ4v) is 3.97. The molecular weight excluding hydrogens is 392 g/mol. The predicted molar refractivity (Wildman–Crippen MR) is 113 cm³/mol. The lowest BCUT2D eigenvalue weighted by molar-refractivity contribution is -0.137. The molecule has 3 rings (SSSR count). The van der Waals surface area contributed by atoms with Crippen molar-refractivity contribution in [1.82, 2.24) is 15.1 Å². The van der Waals surface area contributed by atoms with Gasteiger partial charge in [-0.15, -0.1) is 0 Å². The molecule has 158 valence electrons. The molecule has 7 nitrogen and oxygen atoms in total. The zero-order chi connectivity index (χ0) is 20.6. The average Bonchev–Trinajstić information content (AvgIpc) is 2.72. The van der Waals surface area contributed by atoms with Crippen LogP contribution in [0.3, 0.4) is 0 Å². The number of halogens is 1. The van der Waals surface area contributed by atoms with Crippen molar-refractivity contribution in [3.63, 3.8) is 0 Å². The molecule has 1 aromatic rings. The van der Waals surface area contributed by atoms with Gasteiger partial charge in [0, 0.05) is 49.9 Å². The Labute approximate surface area is 177 Å². The summed E-state index contributed by atoms with van der Waals surface area (Å²) in [6.45, 7) is 3.28. The minimum Gasteiger partial charge on any atom is -0.368 e. The van der Waals surface area contributed by atoms with Crippen LogP contribution in [0, 0.1) is 0 Å². The van der Waals surface area contributed by atoms with Crippen molar-refractivity contribution in [2.75, 3.05) is 50.7 Å². The molecule has 1 N–H and O–H groups in total. The van der Waals surface area contributed by atoms with Gasteiger partial charge in [0.15, 0.2) is 0 Å². The number of carbonyl (C=O) groups is 3. The van der Waals surface area contributed by atoms with E-state index in [4.69, 9.17) is 11.6 Å². The molecule has 0 atom stereocenters. The lowest BCUT2D eigenvalue weighted by atomic mass is 10.1. The Hall–Kier alpha value is -2.28. The molecule has 2 heterocycles. The highest BCUT2D eigenvalue weighted by Crippen LogP contribution is 2.20. The molecule has 0 spiro atoms. The molecule has 0 radical (unpaired) electrons. The van der Waals surface area contributed by atoms with Crippen molar-refractivity contribution in [2.45, 2.75) is 32.1 Å². The first-order valence-electron chi connectivity index (χ1n) is 10.4. The maximum Gasteiger partial charge on any atom is 0.242 e. The van der Waals surface area contributed by atoms with Gasteiger partial charge in [-0.1, -0.05) is 30.5 Å². The van der Waals surface area contributed by atoms with Crippen LogP contribution in [0.25, 0.3) is 0 Å². The maximum absolute atomic E-state index is 12.4. The molecular formula is C21H29ClN4O3. The molecule has 0 bridgehead atoms. The third-order valence-corrected chi connectivity index (χ3v) is 5.73. The Morgan fingerprint density at radius 3 is 2.52 bits per heavy atom. The van der Waals surface area contributed by atoms with Gasteiger partial charge in [-0.2, -0.15) is 0 Å². The molecule has 0 aromatic heterocycles. The number of anilines is 1. The molecule has 1 aromatic carbocycles. The zero-order valence-corrected chi connectivity index (χ0v) is 17.5. The summed E-state index contributed by atoms with van der Waals surface area (Å²) in [5, 5.41) is 3.38. The molecule has 2 saturated heterocycles. The van der Waals surface area contributed by atoms with Gasteiger partial charge in [-0.3, -0.25) is 14.4 Å². The lowest BCUT2D eigenvalue weighted by Crippen LogP contribution is -2.52. The lowest BCUT2D eigenvalue weighted by Gasteiger charge is -2.36. The summed E-state index contributed by atoms with van der Waals surface area (Å²) >= 11 is 6.05. The topological polar surface area (TPSA) is 73.0 Å². The van der Waals surface area contributed by atoms with Gasteiger partial charge < -0.3 is 20.0 Å². The molecule has 2 aliphatic heterocycles. The molecule has 0 unspecified atom stereocenters. The minimum atomic E-state index is -0.273. The highest BCUT2D eigenvalue weighted by molar-refractivity contribution is 6.30. The van der Waals surface area contributed by atoms with Crippen molar-refractivity contribution >= 4 is 35.0 Å². The number of amides is 3. The molecule has 2 aliphatic rings. The Balaban J connectivity index is 1.40. The van der Waals surface area contributed by atoms with Gasteiger partial charge in [0.1, 0.15) is 0 Å². The van der Waals surface area contributed by atoms with Crippen LogP contribution in [0.2, 0.25) is 5.02 Å². The van der Waals surface area contributed by atoms with E-state index < -0.39 is 0 Å². The van der Waals surface area contributed by atoms with Gasteiger partial charge in [-0.05, 0) is 31.0 Å². The van der Waals surface area contributed by atoms with Crippen LogP contribution in [-0.2, 0) is 14.4 Å². The van der Waals surface area contributed by atoms with Crippen LogP contribution in [-0.4, -0.2) is 73.3 Å². The highest BCUT2D eigenvalue weighted by atomic mass is 35.5. The summed E-state index contributed by atoms with van der Waals surface area (Å²) in [7, 11) is 0. The van der Waals surface area contributed by atoms with Gasteiger partial charge in [-0.25, -0.2) is 0 Å². The van der Waals surface area contributed by atoms with E-state index in [1.165, 1.54) is 0 Å². The summed E-state index contributed by atoms with van der Waals surface area (Å²) in [5.41, 5.74) is 1.05. The van der Waals surface area contributed by atoms with E-state index in [-0.39, 0.29) is 30.8 Å². The Bertz CT molecular complexity index is 734.